The fraction of sp³-hybridized carbons (Fsp3) is 0.417. The number of carbonyl (C=O) groups excluding carboxylic acids is 1. The molecule has 0 aliphatic rings. The number of halogens is 2. The molecule has 1 rings (SSSR count). The molecule has 1 amide bonds. The van der Waals surface area contributed by atoms with Gasteiger partial charge in [-0.05, 0) is 47.0 Å². The number of carbonyl (C=O) groups is 1. The van der Waals surface area contributed by atoms with Gasteiger partial charge in [-0.15, -0.1) is 0 Å². The fourth-order valence-electron chi connectivity index (χ4n) is 1.34. The van der Waals surface area contributed by atoms with Gasteiger partial charge in [-0.2, -0.15) is 0 Å². The van der Waals surface area contributed by atoms with Crippen LogP contribution in [0.3, 0.4) is 0 Å². The first-order chi connectivity index (χ1) is 8.15. The number of nitrogens with one attached hydrogen (secondary N) is 1. The fourth-order valence-corrected chi connectivity index (χ4v) is 2.57. The molecule has 3 nitrogen and oxygen atoms in total. The molecular formula is C12H15Br2NO2. The van der Waals surface area contributed by atoms with Crippen LogP contribution >= 0.6 is 31.9 Å². The molecule has 0 aliphatic carbocycles. The molecular weight excluding hydrogens is 350 g/mol. The van der Waals surface area contributed by atoms with Crippen LogP contribution in [0.2, 0.25) is 0 Å². The normalized spacial score (nSPS) is 10.3. The highest BCUT2D eigenvalue weighted by Crippen LogP contribution is 2.21. The lowest BCUT2D eigenvalue weighted by molar-refractivity contribution is 0.0950. The first-order valence-electron chi connectivity index (χ1n) is 5.37. The molecule has 0 saturated heterocycles. The summed E-state index contributed by atoms with van der Waals surface area (Å²) in [4.78, 5) is 11.8. The van der Waals surface area contributed by atoms with E-state index in [1.807, 2.05) is 12.1 Å². The molecule has 0 spiro atoms. The van der Waals surface area contributed by atoms with E-state index in [1.165, 1.54) is 0 Å². The van der Waals surface area contributed by atoms with Gasteiger partial charge in [0.05, 0.1) is 5.56 Å². The van der Waals surface area contributed by atoms with Gasteiger partial charge in [0, 0.05) is 29.2 Å². The summed E-state index contributed by atoms with van der Waals surface area (Å²) in [6, 6.07) is 5.50. The van der Waals surface area contributed by atoms with Crippen molar-refractivity contribution in [2.75, 3.05) is 20.3 Å². The minimum atomic E-state index is -0.0539. The second-order valence-electron chi connectivity index (χ2n) is 3.58. The average Bonchev–Trinajstić information content (AvgIpc) is 2.28. The lowest BCUT2D eigenvalue weighted by atomic mass is 10.2. The minimum Gasteiger partial charge on any atom is -0.385 e. The summed E-state index contributed by atoms with van der Waals surface area (Å²) in [5, 5.41) is 2.88. The van der Waals surface area contributed by atoms with Crippen molar-refractivity contribution >= 4 is 37.8 Å². The summed E-state index contributed by atoms with van der Waals surface area (Å²) in [5.74, 6) is -0.0539. The Kier molecular flexibility index (Phi) is 6.77. The van der Waals surface area contributed by atoms with Crippen LogP contribution in [0.4, 0.5) is 0 Å². The molecule has 0 aromatic heterocycles. The highest BCUT2D eigenvalue weighted by molar-refractivity contribution is 9.11. The quantitative estimate of drug-likeness (QED) is 0.786. The van der Waals surface area contributed by atoms with Crippen LogP contribution < -0.4 is 5.32 Å². The predicted octanol–water partition coefficient (Wildman–Crippen LogP) is 3.37. The first-order valence-corrected chi connectivity index (χ1v) is 6.96. The van der Waals surface area contributed by atoms with Crippen molar-refractivity contribution in [2.45, 2.75) is 12.8 Å². The molecule has 0 bridgehead atoms. The zero-order valence-corrected chi connectivity index (χ0v) is 12.8. The summed E-state index contributed by atoms with van der Waals surface area (Å²) in [6.45, 7) is 1.41. The minimum absolute atomic E-state index is 0.0539. The number of amides is 1. The summed E-state index contributed by atoms with van der Waals surface area (Å²) in [7, 11) is 1.68. The van der Waals surface area contributed by atoms with Crippen molar-refractivity contribution < 1.29 is 9.53 Å². The van der Waals surface area contributed by atoms with Crippen LogP contribution in [0, 0.1) is 0 Å². The predicted molar refractivity (Wildman–Crippen MR) is 75.3 cm³/mol. The third-order valence-electron chi connectivity index (χ3n) is 2.24. The smallest absolute Gasteiger partial charge is 0.252 e. The Morgan fingerprint density at radius 2 is 2.12 bits per heavy atom. The maximum atomic E-state index is 11.8. The van der Waals surface area contributed by atoms with E-state index in [9.17, 15) is 4.79 Å². The van der Waals surface area contributed by atoms with Crippen molar-refractivity contribution in [3.8, 4) is 0 Å². The first kappa shape index (κ1) is 14.7. The van der Waals surface area contributed by atoms with Gasteiger partial charge in [0.1, 0.15) is 0 Å². The topological polar surface area (TPSA) is 38.3 Å². The maximum absolute atomic E-state index is 11.8. The van der Waals surface area contributed by atoms with Crippen LogP contribution in [-0.2, 0) is 4.74 Å². The zero-order valence-electron chi connectivity index (χ0n) is 9.63. The lowest BCUT2D eigenvalue weighted by Gasteiger charge is -2.07. The van der Waals surface area contributed by atoms with Gasteiger partial charge < -0.3 is 10.1 Å². The number of benzene rings is 1. The molecule has 0 aliphatic heterocycles. The van der Waals surface area contributed by atoms with Gasteiger partial charge in [-0.1, -0.05) is 15.9 Å². The van der Waals surface area contributed by atoms with Gasteiger partial charge in [-0.25, -0.2) is 0 Å². The average molecular weight is 365 g/mol. The molecule has 0 heterocycles. The van der Waals surface area contributed by atoms with Gasteiger partial charge in [-0.3, -0.25) is 4.79 Å². The van der Waals surface area contributed by atoms with E-state index >= 15 is 0 Å². The molecule has 5 heteroatoms. The molecule has 0 atom stereocenters. The number of hydrogen-bond donors (Lipinski definition) is 1. The van der Waals surface area contributed by atoms with Gasteiger partial charge >= 0.3 is 0 Å². The summed E-state index contributed by atoms with van der Waals surface area (Å²) >= 11 is 6.72. The second kappa shape index (κ2) is 7.84. The Morgan fingerprint density at radius 3 is 2.76 bits per heavy atom. The Morgan fingerprint density at radius 1 is 1.35 bits per heavy atom. The van der Waals surface area contributed by atoms with Crippen LogP contribution in [0.1, 0.15) is 23.2 Å². The van der Waals surface area contributed by atoms with E-state index in [-0.39, 0.29) is 5.91 Å². The third kappa shape index (κ3) is 5.19. The van der Waals surface area contributed by atoms with E-state index in [2.05, 4.69) is 37.2 Å². The summed E-state index contributed by atoms with van der Waals surface area (Å²) < 4.78 is 6.68. The highest BCUT2D eigenvalue weighted by atomic mass is 79.9. The van der Waals surface area contributed by atoms with Crippen molar-refractivity contribution in [2.24, 2.45) is 0 Å². The van der Waals surface area contributed by atoms with Crippen molar-refractivity contribution in [1.82, 2.24) is 5.32 Å². The monoisotopic (exact) mass is 363 g/mol. The molecule has 1 aromatic rings. The molecule has 0 fully saturated rings. The molecule has 1 aromatic carbocycles. The van der Waals surface area contributed by atoms with E-state index < -0.39 is 0 Å². The van der Waals surface area contributed by atoms with Gasteiger partial charge in [0.15, 0.2) is 0 Å². The SMILES string of the molecule is COCCCCNC(=O)c1ccc(Br)cc1Br. The van der Waals surface area contributed by atoms with E-state index in [0.29, 0.717) is 12.1 Å². The van der Waals surface area contributed by atoms with E-state index in [4.69, 9.17) is 4.74 Å². The summed E-state index contributed by atoms with van der Waals surface area (Å²) in [5.41, 5.74) is 0.653. The lowest BCUT2D eigenvalue weighted by Crippen LogP contribution is -2.24. The number of hydrogen-bond acceptors (Lipinski definition) is 2. The number of rotatable bonds is 6. The van der Waals surface area contributed by atoms with E-state index in [0.717, 1.165) is 28.4 Å². The number of ether oxygens (including phenoxy) is 1. The molecule has 0 unspecified atom stereocenters. The summed E-state index contributed by atoms with van der Waals surface area (Å²) in [6.07, 6.45) is 1.88. The Labute approximate surface area is 118 Å². The Balaban J connectivity index is 2.42. The standard InChI is InChI=1S/C12H15Br2NO2/c1-17-7-3-2-6-15-12(16)10-5-4-9(13)8-11(10)14/h4-5,8H,2-3,6-7H2,1H3,(H,15,16). The molecule has 94 valence electrons. The van der Waals surface area contributed by atoms with Gasteiger partial charge in [0.25, 0.3) is 5.91 Å². The van der Waals surface area contributed by atoms with Crippen LogP contribution in [0.25, 0.3) is 0 Å². The highest BCUT2D eigenvalue weighted by Gasteiger charge is 2.09. The van der Waals surface area contributed by atoms with Crippen molar-refractivity contribution in [3.63, 3.8) is 0 Å². The molecule has 17 heavy (non-hydrogen) atoms. The Hall–Kier alpha value is -0.390. The number of methoxy groups -OCH3 is 1. The van der Waals surface area contributed by atoms with Crippen molar-refractivity contribution in [3.05, 3.63) is 32.7 Å². The van der Waals surface area contributed by atoms with Crippen molar-refractivity contribution in [1.29, 1.82) is 0 Å². The zero-order chi connectivity index (χ0) is 12.7. The number of unbranched alkanes of at least 4 members (excludes halogenated alkanes) is 1. The van der Waals surface area contributed by atoms with Crippen LogP contribution in [0.15, 0.2) is 27.1 Å². The molecule has 1 N–H and O–H groups in total. The van der Waals surface area contributed by atoms with E-state index in [1.54, 1.807) is 13.2 Å². The maximum Gasteiger partial charge on any atom is 0.252 e. The third-order valence-corrected chi connectivity index (χ3v) is 3.39. The molecule has 0 radical (unpaired) electrons. The largest absolute Gasteiger partial charge is 0.385 e. The van der Waals surface area contributed by atoms with Crippen LogP contribution in [0.5, 0.6) is 0 Å². The molecule has 0 saturated carbocycles. The van der Waals surface area contributed by atoms with Gasteiger partial charge in [0.2, 0.25) is 0 Å². The van der Waals surface area contributed by atoms with Crippen LogP contribution in [-0.4, -0.2) is 26.2 Å². The Bertz CT molecular complexity index is 383. The second-order valence-corrected chi connectivity index (χ2v) is 5.35.